The number of rotatable bonds is 4. The molecule has 0 aliphatic carbocycles. The van der Waals surface area contributed by atoms with Gasteiger partial charge in [0.15, 0.2) is 11.5 Å². The predicted octanol–water partition coefficient (Wildman–Crippen LogP) is 2.08. The molecular formula is C15H20O5. The van der Waals surface area contributed by atoms with Gasteiger partial charge in [0.25, 0.3) is 0 Å². The molecule has 1 atom stereocenters. The van der Waals surface area contributed by atoms with Crippen molar-refractivity contribution in [2.45, 2.75) is 26.9 Å². The molecule has 0 radical (unpaired) electrons. The van der Waals surface area contributed by atoms with Gasteiger partial charge in [-0.15, -0.1) is 0 Å². The van der Waals surface area contributed by atoms with Crippen LogP contribution in [0, 0.1) is 5.41 Å². The van der Waals surface area contributed by atoms with E-state index >= 15 is 0 Å². The van der Waals surface area contributed by atoms with E-state index in [-0.39, 0.29) is 6.61 Å². The normalized spacial score (nSPS) is 15.6. The van der Waals surface area contributed by atoms with Crippen molar-refractivity contribution in [2.24, 2.45) is 5.41 Å². The van der Waals surface area contributed by atoms with Crippen LogP contribution >= 0.6 is 0 Å². The van der Waals surface area contributed by atoms with E-state index in [1.165, 1.54) is 0 Å². The lowest BCUT2D eigenvalue weighted by molar-refractivity contribution is -0.160. The van der Waals surface area contributed by atoms with Crippen molar-refractivity contribution in [3.05, 3.63) is 23.8 Å². The van der Waals surface area contributed by atoms with Gasteiger partial charge >= 0.3 is 5.97 Å². The third-order valence-corrected chi connectivity index (χ3v) is 3.37. The Labute approximate surface area is 118 Å². The topological polar surface area (TPSA) is 65.0 Å². The lowest BCUT2D eigenvalue weighted by atomic mass is 9.82. The van der Waals surface area contributed by atoms with E-state index in [4.69, 9.17) is 14.2 Å². The number of hydrogen-bond acceptors (Lipinski definition) is 5. The molecule has 1 N–H and O–H groups in total. The zero-order valence-electron chi connectivity index (χ0n) is 12.0. The smallest absolute Gasteiger partial charge is 0.314 e. The third kappa shape index (κ3) is 2.72. The van der Waals surface area contributed by atoms with Gasteiger partial charge in [-0.3, -0.25) is 4.79 Å². The maximum absolute atomic E-state index is 11.9. The van der Waals surface area contributed by atoms with E-state index in [2.05, 4.69) is 0 Å². The summed E-state index contributed by atoms with van der Waals surface area (Å²) in [6.45, 7) is 6.34. The van der Waals surface area contributed by atoms with Crippen LogP contribution in [0.25, 0.3) is 0 Å². The molecule has 0 aromatic heterocycles. The fraction of sp³-hybridized carbons (Fsp3) is 0.533. The maximum atomic E-state index is 11.9. The Balaban J connectivity index is 2.24. The number of carbonyl (C=O) groups is 1. The van der Waals surface area contributed by atoms with Crippen LogP contribution in [0.2, 0.25) is 0 Å². The van der Waals surface area contributed by atoms with Crippen molar-refractivity contribution in [3.8, 4) is 11.5 Å². The lowest BCUT2D eigenvalue weighted by Crippen LogP contribution is -2.33. The number of ether oxygens (including phenoxy) is 3. The minimum atomic E-state index is -1.03. The summed E-state index contributed by atoms with van der Waals surface area (Å²) in [5.41, 5.74) is -0.424. The fourth-order valence-corrected chi connectivity index (χ4v) is 2.08. The van der Waals surface area contributed by atoms with Crippen molar-refractivity contribution in [3.63, 3.8) is 0 Å². The fourth-order valence-electron chi connectivity index (χ4n) is 2.08. The van der Waals surface area contributed by atoms with Gasteiger partial charge in [0, 0.05) is 0 Å². The molecule has 1 aromatic carbocycles. The van der Waals surface area contributed by atoms with Crippen molar-refractivity contribution in [2.75, 3.05) is 19.8 Å². The molecular weight excluding hydrogens is 260 g/mol. The highest BCUT2D eigenvalue weighted by Gasteiger charge is 2.38. The second kappa shape index (κ2) is 5.71. The predicted molar refractivity (Wildman–Crippen MR) is 72.8 cm³/mol. The Morgan fingerprint density at radius 2 is 2.00 bits per heavy atom. The molecule has 0 saturated heterocycles. The summed E-state index contributed by atoms with van der Waals surface area (Å²) in [5.74, 6) is 0.816. The van der Waals surface area contributed by atoms with E-state index < -0.39 is 17.5 Å². The van der Waals surface area contributed by atoms with Crippen molar-refractivity contribution < 1.29 is 24.1 Å². The van der Waals surface area contributed by atoms with Gasteiger partial charge in [-0.1, -0.05) is 6.07 Å². The molecule has 1 aromatic rings. The molecule has 0 spiro atoms. The first-order chi connectivity index (χ1) is 9.46. The number of benzene rings is 1. The van der Waals surface area contributed by atoms with Crippen LogP contribution in [-0.4, -0.2) is 30.9 Å². The zero-order valence-corrected chi connectivity index (χ0v) is 12.0. The average Bonchev–Trinajstić information content (AvgIpc) is 2.46. The average molecular weight is 280 g/mol. The zero-order chi connectivity index (χ0) is 14.8. The van der Waals surface area contributed by atoms with Gasteiger partial charge < -0.3 is 19.3 Å². The van der Waals surface area contributed by atoms with Crippen LogP contribution in [-0.2, 0) is 9.53 Å². The maximum Gasteiger partial charge on any atom is 0.314 e. The van der Waals surface area contributed by atoms with Crippen LogP contribution in [0.1, 0.15) is 32.4 Å². The largest absolute Gasteiger partial charge is 0.486 e. The van der Waals surface area contributed by atoms with Gasteiger partial charge in [-0.05, 0) is 38.5 Å². The van der Waals surface area contributed by atoms with Crippen LogP contribution in [0.15, 0.2) is 18.2 Å². The number of hydrogen-bond donors (Lipinski definition) is 1. The molecule has 20 heavy (non-hydrogen) atoms. The van der Waals surface area contributed by atoms with Gasteiger partial charge in [0.1, 0.15) is 13.2 Å². The Morgan fingerprint density at radius 3 is 2.65 bits per heavy atom. The van der Waals surface area contributed by atoms with E-state index in [0.29, 0.717) is 30.3 Å². The monoisotopic (exact) mass is 280 g/mol. The Bertz CT molecular complexity index is 495. The Kier molecular flexibility index (Phi) is 4.18. The highest BCUT2D eigenvalue weighted by Crippen LogP contribution is 2.39. The van der Waals surface area contributed by atoms with E-state index in [1.807, 2.05) is 0 Å². The van der Waals surface area contributed by atoms with Gasteiger partial charge in [-0.2, -0.15) is 0 Å². The molecule has 0 amide bonds. The quantitative estimate of drug-likeness (QED) is 0.855. The molecule has 1 heterocycles. The summed E-state index contributed by atoms with van der Waals surface area (Å²) in [4.78, 5) is 11.9. The van der Waals surface area contributed by atoms with Crippen LogP contribution < -0.4 is 9.47 Å². The molecule has 1 aliphatic heterocycles. The molecule has 1 aliphatic rings. The minimum absolute atomic E-state index is 0.288. The third-order valence-electron chi connectivity index (χ3n) is 3.37. The van der Waals surface area contributed by atoms with Crippen molar-refractivity contribution in [1.82, 2.24) is 0 Å². The SMILES string of the molecule is CCOC(=O)C(C)(C)C(O)c1ccc2c(c1)OCCO2. The molecule has 2 rings (SSSR count). The highest BCUT2D eigenvalue weighted by atomic mass is 16.6. The summed E-state index contributed by atoms with van der Waals surface area (Å²) in [7, 11) is 0. The summed E-state index contributed by atoms with van der Waals surface area (Å²) in [5, 5.41) is 10.4. The van der Waals surface area contributed by atoms with Crippen LogP contribution in [0.3, 0.4) is 0 Å². The summed E-state index contributed by atoms with van der Waals surface area (Å²) >= 11 is 0. The number of fused-ring (bicyclic) bond motifs is 1. The highest BCUT2D eigenvalue weighted by molar-refractivity contribution is 5.77. The summed E-state index contributed by atoms with van der Waals surface area (Å²) in [6, 6.07) is 5.19. The van der Waals surface area contributed by atoms with Gasteiger partial charge in [-0.25, -0.2) is 0 Å². The number of carbonyl (C=O) groups excluding carboxylic acids is 1. The number of esters is 1. The first-order valence-electron chi connectivity index (χ1n) is 6.71. The van der Waals surface area contributed by atoms with Gasteiger partial charge in [0.2, 0.25) is 0 Å². The van der Waals surface area contributed by atoms with Crippen molar-refractivity contribution >= 4 is 5.97 Å². The van der Waals surface area contributed by atoms with E-state index in [0.717, 1.165) is 0 Å². The molecule has 110 valence electrons. The second-order valence-corrected chi connectivity index (χ2v) is 5.25. The first kappa shape index (κ1) is 14.7. The van der Waals surface area contributed by atoms with Crippen molar-refractivity contribution in [1.29, 1.82) is 0 Å². The van der Waals surface area contributed by atoms with E-state index in [9.17, 15) is 9.90 Å². The van der Waals surface area contributed by atoms with E-state index in [1.54, 1.807) is 39.0 Å². The first-order valence-corrected chi connectivity index (χ1v) is 6.71. The molecule has 0 saturated carbocycles. The molecule has 5 heteroatoms. The van der Waals surface area contributed by atoms with Gasteiger partial charge in [0.05, 0.1) is 18.1 Å². The standard InChI is InChI=1S/C15H20O5/c1-4-18-14(17)15(2,3)13(16)10-5-6-11-12(9-10)20-8-7-19-11/h5-6,9,13,16H,4,7-8H2,1-3H3. The number of aliphatic hydroxyl groups is 1. The Hall–Kier alpha value is -1.75. The molecule has 0 fully saturated rings. The molecule has 1 unspecified atom stereocenters. The van der Waals surface area contributed by atoms with Crippen LogP contribution in [0.5, 0.6) is 11.5 Å². The van der Waals surface area contributed by atoms with Crippen LogP contribution in [0.4, 0.5) is 0 Å². The minimum Gasteiger partial charge on any atom is -0.486 e. The Morgan fingerprint density at radius 1 is 1.35 bits per heavy atom. The lowest BCUT2D eigenvalue weighted by Gasteiger charge is -2.29. The second-order valence-electron chi connectivity index (χ2n) is 5.25. The number of aliphatic hydroxyl groups excluding tert-OH is 1. The molecule has 5 nitrogen and oxygen atoms in total. The summed E-state index contributed by atoms with van der Waals surface area (Å²) < 4.78 is 15.9. The molecule has 0 bridgehead atoms. The summed E-state index contributed by atoms with van der Waals surface area (Å²) in [6.07, 6.45) is -0.975.